The average Bonchev–Trinajstić information content (AvgIpc) is 3.25. The minimum atomic E-state index is 0. The van der Waals surface area contributed by atoms with Crippen molar-refractivity contribution in [1.29, 1.82) is 0 Å². The van der Waals surface area contributed by atoms with Gasteiger partial charge in [-0.25, -0.2) is 0 Å². The number of nitrogens with one attached hydrogen (secondary N) is 2. The van der Waals surface area contributed by atoms with Crippen molar-refractivity contribution in [2.24, 2.45) is 4.99 Å². The van der Waals surface area contributed by atoms with E-state index in [1.54, 1.807) is 7.05 Å². The Bertz CT molecular complexity index is 623. The number of hydrogen-bond donors (Lipinski definition) is 2. The maximum atomic E-state index is 6.17. The van der Waals surface area contributed by atoms with E-state index >= 15 is 0 Å². The third-order valence-corrected chi connectivity index (χ3v) is 5.32. The van der Waals surface area contributed by atoms with Crippen molar-refractivity contribution in [3.63, 3.8) is 0 Å². The molecule has 0 saturated carbocycles. The lowest BCUT2D eigenvalue weighted by Gasteiger charge is -2.25. The quantitative estimate of drug-likeness (QED) is 0.228. The maximum Gasteiger partial charge on any atom is 0.191 e. The fourth-order valence-corrected chi connectivity index (χ4v) is 3.78. The molecule has 1 aromatic rings. The number of hydrogen-bond acceptors (Lipinski definition) is 4. The first kappa shape index (κ1) is 24.4. The number of aryl methyl sites for hydroxylation is 1. The van der Waals surface area contributed by atoms with E-state index in [0.717, 1.165) is 45.0 Å². The Morgan fingerprint density at radius 1 is 1.28 bits per heavy atom. The number of aliphatic imine (C=N–C) groups is 1. The Hall–Kier alpha value is -0.900. The van der Waals surface area contributed by atoms with Gasteiger partial charge in [0.15, 0.2) is 5.96 Å². The van der Waals surface area contributed by atoms with E-state index in [0.29, 0.717) is 13.2 Å². The van der Waals surface area contributed by atoms with Crippen LogP contribution in [0.15, 0.2) is 29.3 Å². The van der Waals surface area contributed by atoms with Crippen LogP contribution in [0.1, 0.15) is 49.8 Å². The molecule has 1 saturated heterocycles. The SMILES string of the molecule is CN=C(NCCCOC1CCCc2ccccc21)NC(C)COC1CCOC1.I. The molecule has 0 spiro atoms. The van der Waals surface area contributed by atoms with Crippen LogP contribution in [0.3, 0.4) is 0 Å². The summed E-state index contributed by atoms with van der Waals surface area (Å²) in [4.78, 5) is 4.30. The van der Waals surface area contributed by atoms with Gasteiger partial charge in [-0.3, -0.25) is 4.99 Å². The number of ether oxygens (including phenoxy) is 3. The molecule has 0 radical (unpaired) electrons. The monoisotopic (exact) mass is 517 g/mol. The predicted molar refractivity (Wildman–Crippen MR) is 127 cm³/mol. The first-order valence-electron chi connectivity index (χ1n) is 10.6. The number of fused-ring (bicyclic) bond motifs is 1. The third kappa shape index (κ3) is 8.03. The van der Waals surface area contributed by atoms with E-state index < -0.39 is 0 Å². The standard InChI is InChI=1S/C22H35N3O3.HI/c1-17(15-28-19-11-14-26-16-19)25-22(23-2)24-12-6-13-27-21-10-5-8-18-7-3-4-9-20(18)21;/h3-4,7,9,17,19,21H,5-6,8,10-16H2,1-2H3,(H2,23,24,25);1H. The predicted octanol–water partition coefficient (Wildman–Crippen LogP) is 3.45. The lowest BCUT2D eigenvalue weighted by atomic mass is 9.89. The molecule has 164 valence electrons. The van der Waals surface area contributed by atoms with E-state index in [4.69, 9.17) is 14.2 Å². The summed E-state index contributed by atoms with van der Waals surface area (Å²) >= 11 is 0. The highest BCUT2D eigenvalue weighted by molar-refractivity contribution is 14.0. The molecule has 3 atom stereocenters. The second kappa shape index (κ2) is 13.4. The van der Waals surface area contributed by atoms with Crippen molar-refractivity contribution >= 4 is 29.9 Å². The van der Waals surface area contributed by atoms with E-state index in [-0.39, 0.29) is 42.2 Å². The minimum absolute atomic E-state index is 0. The van der Waals surface area contributed by atoms with Crippen LogP contribution in [0.25, 0.3) is 0 Å². The van der Waals surface area contributed by atoms with Gasteiger partial charge in [-0.2, -0.15) is 0 Å². The summed E-state index contributed by atoms with van der Waals surface area (Å²) in [5.74, 6) is 0.807. The molecule has 1 aliphatic carbocycles. The summed E-state index contributed by atoms with van der Waals surface area (Å²) < 4.78 is 17.4. The molecule has 1 heterocycles. The summed E-state index contributed by atoms with van der Waals surface area (Å²) in [6.07, 6.45) is 5.94. The molecule has 6 nitrogen and oxygen atoms in total. The first-order valence-corrected chi connectivity index (χ1v) is 10.6. The summed E-state index contributed by atoms with van der Waals surface area (Å²) in [5.41, 5.74) is 2.82. The highest BCUT2D eigenvalue weighted by Crippen LogP contribution is 2.32. The molecule has 0 aromatic heterocycles. The molecular formula is C22H36IN3O3. The van der Waals surface area contributed by atoms with Gasteiger partial charge in [0.1, 0.15) is 0 Å². The largest absolute Gasteiger partial charge is 0.379 e. The van der Waals surface area contributed by atoms with Gasteiger partial charge in [0, 0.05) is 32.8 Å². The number of halogens is 1. The van der Waals surface area contributed by atoms with E-state index in [1.807, 2.05) is 0 Å². The van der Waals surface area contributed by atoms with Crippen LogP contribution in [0, 0.1) is 0 Å². The van der Waals surface area contributed by atoms with Crippen molar-refractivity contribution in [1.82, 2.24) is 10.6 Å². The molecule has 29 heavy (non-hydrogen) atoms. The number of guanidine groups is 1. The van der Waals surface area contributed by atoms with Gasteiger partial charge in [-0.15, -0.1) is 24.0 Å². The molecule has 3 rings (SSSR count). The first-order chi connectivity index (χ1) is 13.8. The molecule has 2 N–H and O–H groups in total. The van der Waals surface area contributed by atoms with Gasteiger partial charge in [0.25, 0.3) is 0 Å². The fraction of sp³-hybridized carbons (Fsp3) is 0.682. The highest BCUT2D eigenvalue weighted by atomic mass is 127. The van der Waals surface area contributed by atoms with Crippen LogP contribution >= 0.6 is 24.0 Å². The fourth-order valence-electron chi connectivity index (χ4n) is 3.78. The second-order valence-electron chi connectivity index (χ2n) is 7.67. The normalized spacial score (nSPS) is 22.5. The number of nitrogens with zero attached hydrogens (tertiary/aromatic N) is 1. The van der Waals surface area contributed by atoms with Crippen LogP contribution < -0.4 is 10.6 Å². The van der Waals surface area contributed by atoms with Crippen molar-refractivity contribution in [3.05, 3.63) is 35.4 Å². The Kier molecular flexibility index (Phi) is 11.3. The topological polar surface area (TPSA) is 64.1 Å². The van der Waals surface area contributed by atoms with Crippen LogP contribution in [-0.4, -0.2) is 58.1 Å². The molecule has 2 aliphatic rings. The molecule has 1 aliphatic heterocycles. The molecular weight excluding hydrogens is 481 g/mol. The zero-order valence-electron chi connectivity index (χ0n) is 17.7. The Balaban J connectivity index is 0.00000300. The maximum absolute atomic E-state index is 6.17. The zero-order chi connectivity index (χ0) is 19.6. The molecule has 1 fully saturated rings. The van der Waals surface area contributed by atoms with E-state index in [1.165, 1.54) is 24.0 Å². The Labute approximate surface area is 192 Å². The van der Waals surface area contributed by atoms with Gasteiger partial charge in [0.05, 0.1) is 25.4 Å². The summed E-state index contributed by atoms with van der Waals surface area (Å²) in [6.45, 7) is 5.86. The molecule has 3 unspecified atom stereocenters. The third-order valence-electron chi connectivity index (χ3n) is 5.32. The highest BCUT2D eigenvalue weighted by Gasteiger charge is 2.20. The minimum Gasteiger partial charge on any atom is -0.379 e. The second-order valence-corrected chi connectivity index (χ2v) is 7.67. The van der Waals surface area contributed by atoms with Gasteiger partial charge < -0.3 is 24.8 Å². The summed E-state index contributed by atoms with van der Waals surface area (Å²) in [6, 6.07) is 8.87. The molecule has 7 heteroatoms. The smallest absolute Gasteiger partial charge is 0.191 e. The molecule has 0 amide bonds. The van der Waals surface area contributed by atoms with Crippen molar-refractivity contribution in [2.45, 2.75) is 57.3 Å². The summed E-state index contributed by atoms with van der Waals surface area (Å²) in [7, 11) is 1.79. The van der Waals surface area contributed by atoms with Gasteiger partial charge in [0.2, 0.25) is 0 Å². The number of rotatable bonds is 9. The Morgan fingerprint density at radius 3 is 2.93 bits per heavy atom. The number of benzene rings is 1. The van der Waals surface area contributed by atoms with E-state index in [9.17, 15) is 0 Å². The summed E-state index contributed by atoms with van der Waals surface area (Å²) in [5, 5.41) is 6.74. The zero-order valence-corrected chi connectivity index (χ0v) is 20.0. The van der Waals surface area contributed by atoms with Gasteiger partial charge in [-0.05, 0) is 50.2 Å². The lowest BCUT2D eigenvalue weighted by Crippen LogP contribution is -2.44. The van der Waals surface area contributed by atoms with Crippen molar-refractivity contribution in [3.8, 4) is 0 Å². The lowest BCUT2D eigenvalue weighted by molar-refractivity contribution is 0.0346. The average molecular weight is 517 g/mol. The molecule has 0 bridgehead atoms. The molecule has 1 aromatic carbocycles. The van der Waals surface area contributed by atoms with Crippen LogP contribution in [0.2, 0.25) is 0 Å². The van der Waals surface area contributed by atoms with Crippen LogP contribution in [0.5, 0.6) is 0 Å². The van der Waals surface area contributed by atoms with Gasteiger partial charge in [-0.1, -0.05) is 24.3 Å². The van der Waals surface area contributed by atoms with E-state index in [2.05, 4.69) is 46.8 Å². The van der Waals surface area contributed by atoms with Crippen molar-refractivity contribution < 1.29 is 14.2 Å². The van der Waals surface area contributed by atoms with Crippen LogP contribution in [0.4, 0.5) is 0 Å². The van der Waals surface area contributed by atoms with Crippen LogP contribution in [-0.2, 0) is 20.6 Å². The van der Waals surface area contributed by atoms with Crippen molar-refractivity contribution in [2.75, 3.05) is 40.0 Å². The van der Waals surface area contributed by atoms with Gasteiger partial charge >= 0.3 is 0 Å². The Morgan fingerprint density at radius 2 is 2.14 bits per heavy atom.